The summed E-state index contributed by atoms with van der Waals surface area (Å²) in [5.41, 5.74) is 0. The zero-order valence-electron chi connectivity index (χ0n) is 7.79. The van der Waals surface area contributed by atoms with Crippen molar-refractivity contribution in [3.8, 4) is 0 Å². The van der Waals surface area contributed by atoms with Crippen LogP contribution in [0.4, 0.5) is 4.79 Å². The number of hydrogen-bond acceptors (Lipinski definition) is 3. The molecular weight excluding hydrogens is 255 g/mol. The summed E-state index contributed by atoms with van der Waals surface area (Å²) < 4.78 is 3.53. The summed E-state index contributed by atoms with van der Waals surface area (Å²) in [5, 5.41) is 7.64. The van der Waals surface area contributed by atoms with Crippen LogP contribution in [0.3, 0.4) is 0 Å². The molecule has 0 aliphatic carbocycles. The normalized spacial score (nSPS) is 5.30. The van der Waals surface area contributed by atoms with E-state index in [1.54, 1.807) is 0 Å². The first kappa shape index (κ1) is 22.4. The molecule has 0 aromatic rings. The molecule has 0 fully saturated rings. The van der Waals surface area contributed by atoms with Crippen molar-refractivity contribution in [3.05, 3.63) is 0 Å². The fraction of sp³-hybridized carbons (Fsp3) is 0.333. The van der Waals surface area contributed by atoms with Gasteiger partial charge >= 0.3 is 35.2 Å². The fourth-order valence-electron chi connectivity index (χ4n) is 0.123. The van der Waals surface area contributed by atoms with E-state index in [1.165, 1.54) is 0 Å². The number of hydrogen-bond donors (Lipinski definition) is 1. The minimum Gasteiger partial charge on any atom is -1.00 e. The molecule has 0 spiro atoms. The molecule has 48 valence electrons. The third kappa shape index (κ3) is 23.1. The monoisotopic (exact) mass is 258 g/mol. The first-order chi connectivity index (χ1) is 3.13. The Morgan fingerprint density at radius 3 is 1.70 bits per heavy atom. The molecule has 4 nitrogen and oxygen atoms in total. The number of carbonyl (C=O) groups excluding carboxylic acids is 1. The van der Waals surface area contributed by atoms with Crippen LogP contribution in [-0.4, -0.2) is 40.3 Å². The standard InChI is InChI=1S/C3H4O4.Mg.2Zn.2H/c1-2(4)7-3(5)6;;;;;/h1H3,(H,5,6);;;;;/q;+2;;;2*-1. The summed E-state index contributed by atoms with van der Waals surface area (Å²) in [6.07, 6.45) is -1.56. The van der Waals surface area contributed by atoms with Gasteiger partial charge in [0.2, 0.25) is 0 Å². The van der Waals surface area contributed by atoms with E-state index >= 15 is 0 Å². The smallest absolute Gasteiger partial charge is 1.00 e. The maximum Gasteiger partial charge on any atom is 2.00 e. The molecule has 0 radical (unpaired) electrons. The molecule has 0 rings (SSSR count). The van der Waals surface area contributed by atoms with Gasteiger partial charge in [-0.3, -0.25) is 4.79 Å². The molecule has 0 amide bonds. The Balaban J connectivity index is -0.0000000180. The Morgan fingerprint density at radius 1 is 1.40 bits per heavy atom. The summed E-state index contributed by atoms with van der Waals surface area (Å²) in [6, 6.07) is 0. The Hall–Kier alpha value is 0.953. The van der Waals surface area contributed by atoms with Gasteiger partial charge in [0.25, 0.3) is 0 Å². The van der Waals surface area contributed by atoms with E-state index in [-0.39, 0.29) is 64.9 Å². The average molecular weight is 261 g/mol. The van der Waals surface area contributed by atoms with Crippen molar-refractivity contribution in [2.24, 2.45) is 0 Å². The van der Waals surface area contributed by atoms with Gasteiger partial charge in [0.15, 0.2) is 0 Å². The molecular formula is C3H6MgO4Zn2. The SMILES string of the molecule is CC(=O)OC(=O)O.[H-].[H-].[Mg+2].[Zn].[Zn]. The zero-order chi connectivity index (χ0) is 5.86. The largest absolute Gasteiger partial charge is 2.00 e. The first-order valence-corrected chi connectivity index (χ1v) is 1.54. The molecule has 0 aliphatic rings. The Morgan fingerprint density at radius 2 is 1.70 bits per heavy atom. The van der Waals surface area contributed by atoms with Gasteiger partial charge in [-0.05, 0) is 0 Å². The van der Waals surface area contributed by atoms with Gasteiger partial charge in [-0.2, -0.15) is 0 Å². The minimum atomic E-state index is -1.56. The van der Waals surface area contributed by atoms with Gasteiger partial charge in [-0.25, -0.2) is 4.79 Å². The van der Waals surface area contributed by atoms with Crippen molar-refractivity contribution >= 4 is 35.2 Å². The van der Waals surface area contributed by atoms with E-state index in [4.69, 9.17) is 5.11 Å². The third-order valence-electron chi connectivity index (χ3n) is 0.231. The van der Waals surface area contributed by atoms with E-state index in [9.17, 15) is 9.59 Å². The summed E-state index contributed by atoms with van der Waals surface area (Å²) in [7, 11) is 0. The quantitative estimate of drug-likeness (QED) is 0.380. The summed E-state index contributed by atoms with van der Waals surface area (Å²) in [6.45, 7) is 1.02. The topological polar surface area (TPSA) is 63.6 Å². The molecule has 0 heterocycles. The molecule has 0 unspecified atom stereocenters. The third-order valence-corrected chi connectivity index (χ3v) is 0.231. The number of carboxylic acid groups (broad SMARTS) is 1. The summed E-state index contributed by atoms with van der Waals surface area (Å²) >= 11 is 0. The van der Waals surface area contributed by atoms with Crippen LogP contribution in [0, 0.1) is 0 Å². The maximum atomic E-state index is 9.65. The fourth-order valence-corrected chi connectivity index (χ4v) is 0.123. The van der Waals surface area contributed by atoms with Gasteiger partial charge in [0.05, 0.1) is 0 Å². The maximum absolute atomic E-state index is 9.65. The molecule has 10 heavy (non-hydrogen) atoms. The molecule has 0 aromatic carbocycles. The zero-order valence-corrected chi connectivity index (χ0v) is 13.1. The van der Waals surface area contributed by atoms with Crippen LogP contribution in [0.1, 0.15) is 9.78 Å². The van der Waals surface area contributed by atoms with Crippen molar-refractivity contribution in [1.82, 2.24) is 0 Å². The molecule has 0 saturated carbocycles. The van der Waals surface area contributed by atoms with Crippen molar-refractivity contribution < 1.29 is 61.2 Å². The van der Waals surface area contributed by atoms with E-state index in [0.29, 0.717) is 0 Å². The molecule has 0 aliphatic heterocycles. The second-order valence-corrected chi connectivity index (χ2v) is 0.860. The predicted octanol–water partition coefficient (Wildman–Crippen LogP) is 0.0667. The molecule has 0 bridgehead atoms. The van der Waals surface area contributed by atoms with Crippen LogP contribution in [0.2, 0.25) is 0 Å². The molecule has 7 heteroatoms. The van der Waals surface area contributed by atoms with E-state index in [1.807, 2.05) is 0 Å². The molecule has 0 atom stereocenters. The van der Waals surface area contributed by atoms with Gasteiger partial charge in [0, 0.05) is 45.9 Å². The van der Waals surface area contributed by atoms with Gasteiger partial charge in [-0.15, -0.1) is 0 Å². The second kappa shape index (κ2) is 12.6. The van der Waals surface area contributed by atoms with Gasteiger partial charge < -0.3 is 12.7 Å². The van der Waals surface area contributed by atoms with Crippen molar-refractivity contribution in [1.29, 1.82) is 0 Å². The first-order valence-electron chi connectivity index (χ1n) is 1.54. The van der Waals surface area contributed by atoms with Crippen molar-refractivity contribution in [2.75, 3.05) is 0 Å². The Labute approximate surface area is 103 Å². The second-order valence-electron chi connectivity index (χ2n) is 0.860. The molecule has 1 N–H and O–H groups in total. The molecule has 0 aromatic heterocycles. The Bertz CT molecular complexity index is 102. The van der Waals surface area contributed by atoms with Crippen LogP contribution in [0.15, 0.2) is 0 Å². The van der Waals surface area contributed by atoms with E-state index in [2.05, 4.69) is 4.74 Å². The predicted molar refractivity (Wildman–Crippen MR) is 27.8 cm³/mol. The van der Waals surface area contributed by atoms with Gasteiger partial charge in [-0.1, -0.05) is 0 Å². The van der Waals surface area contributed by atoms with Crippen LogP contribution in [-0.2, 0) is 48.5 Å². The number of ether oxygens (including phenoxy) is 1. The van der Waals surface area contributed by atoms with Crippen molar-refractivity contribution in [2.45, 2.75) is 6.92 Å². The van der Waals surface area contributed by atoms with Crippen LogP contribution < -0.4 is 0 Å². The van der Waals surface area contributed by atoms with E-state index in [0.717, 1.165) is 6.92 Å². The van der Waals surface area contributed by atoms with E-state index < -0.39 is 12.1 Å². The minimum absolute atomic E-state index is 0. The van der Waals surface area contributed by atoms with Crippen molar-refractivity contribution in [3.63, 3.8) is 0 Å². The van der Waals surface area contributed by atoms with Crippen LogP contribution in [0.5, 0.6) is 0 Å². The number of rotatable bonds is 0. The number of carbonyl (C=O) groups is 2. The average Bonchev–Trinajstić information content (AvgIpc) is 1.27. The van der Waals surface area contributed by atoms with Crippen LogP contribution in [0.25, 0.3) is 0 Å². The summed E-state index contributed by atoms with van der Waals surface area (Å²) in [5.74, 6) is -0.812. The Kier molecular flexibility index (Phi) is 28.3. The van der Waals surface area contributed by atoms with Crippen LogP contribution >= 0.6 is 0 Å². The summed E-state index contributed by atoms with van der Waals surface area (Å²) in [4.78, 5) is 19.0. The number of esters is 1. The molecule has 0 saturated heterocycles. The van der Waals surface area contributed by atoms with Gasteiger partial charge in [0.1, 0.15) is 0 Å².